The van der Waals surface area contributed by atoms with Crippen LogP contribution in [0.4, 0.5) is 0 Å². The van der Waals surface area contributed by atoms with Crippen LogP contribution in [-0.2, 0) is 25.8 Å². The number of ketones is 1. The molecule has 0 saturated heterocycles. The molecule has 0 aliphatic rings. The number of aliphatic carboxylic acids is 1. The quantitative estimate of drug-likeness (QED) is 0.222. The first-order chi connectivity index (χ1) is 16.3. The van der Waals surface area contributed by atoms with E-state index in [1.54, 1.807) is 14.0 Å². The van der Waals surface area contributed by atoms with Crippen LogP contribution in [0.3, 0.4) is 0 Å². The molecule has 212 valence electrons. The fourth-order valence-corrected chi connectivity index (χ4v) is 5.05. The van der Waals surface area contributed by atoms with E-state index in [9.17, 15) is 9.59 Å². The third-order valence-electron chi connectivity index (χ3n) is 5.14. The van der Waals surface area contributed by atoms with Crippen LogP contribution in [0.1, 0.15) is 83.6 Å². The lowest BCUT2D eigenvalue weighted by atomic mass is 10.1. The van der Waals surface area contributed by atoms with Gasteiger partial charge in [-0.1, -0.05) is 81.9 Å². The highest BCUT2D eigenvalue weighted by molar-refractivity contribution is 7.98. The van der Waals surface area contributed by atoms with Crippen LogP contribution in [0.15, 0.2) is 48.5 Å². The van der Waals surface area contributed by atoms with Gasteiger partial charge in [0.05, 0.1) is 6.10 Å². The molecule has 0 aliphatic carbocycles. The van der Waals surface area contributed by atoms with Crippen molar-refractivity contribution in [3.63, 3.8) is 0 Å². The number of unbranched alkanes of at least 4 members (excludes halogenated alkanes) is 1. The molecule has 0 bridgehead atoms. The molecule has 0 fully saturated rings. The molecule has 1 N–H and O–H groups in total. The Morgan fingerprint density at radius 1 is 0.811 bits per heavy atom. The van der Waals surface area contributed by atoms with Gasteiger partial charge < -0.3 is 9.84 Å². The number of thioether (sulfide) groups is 2. The van der Waals surface area contributed by atoms with Crippen molar-refractivity contribution in [2.45, 2.75) is 92.8 Å². The number of carbonyl (C=O) groups is 2. The van der Waals surface area contributed by atoms with Gasteiger partial charge in [-0.05, 0) is 62.7 Å². The van der Waals surface area contributed by atoms with Crippen molar-refractivity contribution in [2.75, 3.05) is 18.6 Å². The molecule has 1 unspecified atom stereocenters. The van der Waals surface area contributed by atoms with Gasteiger partial charge >= 0.3 is 5.97 Å². The summed E-state index contributed by atoms with van der Waals surface area (Å²) in [6, 6.07) is 17.2. The molecule has 4 nitrogen and oxygen atoms in total. The Bertz CT molecular complexity index is 820. The number of hydrogen-bond acceptors (Lipinski definition) is 5. The monoisotopic (exact) mass is 552 g/mol. The molecule has 0 aliphatic heterocycles. The van der Waals surface area contributed by atoms with Gasteiger partial charge in [0.25, 0.3) is 0 Å². The summed E-state index contributed by atoms with van der Waals surface area (Å²) in [7, 11) is 1.68. The summed E-state index contributed by atoms with van der Waals surface area (Å²) in [5, 5.41) is 8.47. The summed E-state index contributed by atoms with van der Waals surface area (Å²) < 4.78 is 5.29. The first-order valence-corrected chi connectivity index (χ1v) is 14.1. The van der Waals surface area contributed by atoms with Gasteiger partial charge in [-0.2, -0.15) is 23.5 Å². The maximum Gasteiger partial charge on any atom is 0.303 e. The summed E-state index contributed by atoms with van der Waals surface area (Å²) in [4.78, 5) is 21.3. The number of carbonyl (C=O) groups excluding carboxylic acids is 1. The molecule has 37 heavy (non-hydrogen) atoms. The summed E-state index contributed by atoms with van der Waals surface area (Å²) in [6.45, 7) is 5.80. The number of benzene rings is 2. The van der Waals surface area contributed by atoms with Gasteiger partial charge in [-0.3, -0.25) is 9.59 Å². The van der Waals surface area contributed by atoms with Gasteiger partial charge in [0, 0.05) is 31.5 Å². The number of aryl methyl sites for hydroxylation is 2. The molecule has 0 heterocycles. The van der Waals surface area contributed by atoms with Crippen molar-refractivity contribution in [3.05, 3.63) is 70.8 Å². The molecule has 1 atom stereocenters. The highest BCUT2D eigenvalue weighted by atomic mass is 32.2. The normalized spacial score (nSPS) is 10.5. The van der Waals surface area contributed by atoms with Crippen LogP contribution in [-0.4, -0.2) is 41.6 Å². The Balaban J connectivity index is -0.000000581. The molecule has 0 radical (unpaired) electrons. The summed E-state index contributed by atoms with van der Waals surface area (Å²) in [5.74, 6) is 3.62. The molecule has 0 aromatic heterocycles. The predicted molar refractivity (Wildman–Crippen MR) is 167 cm³/mol. The average Bonchev–Trinajstić information content (AvgIpc) is 2.80. The zero-order valence-electron chi connectivity index (χ0n) is 21.0. The lowest BCUT2D eigenvalue weighted by Gasteiger charge is -2.13. The van der Waals surface area contributed by atoms with Crippen LogP contribution in [0.5, 0.6) is 0 Å². The van der Waals surface area contributed by atoms with Gasteiger partial charge in [0.1, 0.15) is 5.78 Å². The van der Waals surface area contributed by atoms with Gasteiger partial charge in [-0.15, -0.1) is 0 Å². The number of carboxylic acid groups (broad SMARTS) is 1. The molecule has 2 aromatic rings. The second-order valence-corrected chi connectivity index (χ2v) is 10.7. The summed E-state index contributed by atoms with van der Waals surface area (Å²) >= 11 is 3.76. The van der Waals surface area contributed by atoms with Crippen molar-refractivity contribution in [1.29, 1.82) is 0 Å². The first kappa shape index (κ1) is 39.7. The minimum Gasteiger partial charge on any atom is -0.481 e. The second kappa shape index (κ2) is 24.6. The Morgan fingerprint density at radius 2 is 1.27 bits per heavy atom. The standard InChI is InChI=1S/C15H22O2S.C13H18O2S.3CH4/c1-12-4-6-14(7-5-12)11-18-9-8-15(17-3)10-13(2)16;1-11-5-7-12(8-6-11)10-16-9-3-2-4-13(14)15;;;/h4-7,15H,8-11H2,1-3H3;5-8H,2-4,9-10H2,1H3,(H,14,15);3*1H4. The Kier molecular flexibility index (Phi) is 26.4. The van der Waals surface area contributed by atoms with E-state index in [-0.39, 0.29) is 34.2 Å². The molecule has 0 saturated carbocycles. The smallest absolute Gasteiger partial charge is 0.303 e. The van der Waals surface area contributed by atoms with Crippen molar-refractivity contribution >= 4 is 35.3 Å². The van der Waals surface area contributed by atoms with E-state index in [2.05, 4.69) is 62.4 Å². The fraction of sp³-hybridized carbons (Fsp3) is 0.548. The molecular weight excluding hydrogens is 500 g/mol. The lowest BCUT2D eigenvalue weighted by Crippen LogP contribution is -2.15. The van der Waals surface area contributed by atoms with Gasteiger partial charge in [-0.25, -0.2) is 0 Å². The third kappa shape index (κ3) is 22.0. The van der Waals surface area contributed by atoms with Crippen molar-refractivity contribution in [1.82, 2.24) is 0 Å². The number of hydrogen-bond donors (Lipinski definition) is 1. The van der Waals surface area contributed by atoms with E-state index in [1.807, 2.05) is 23.5 Å². The number of ether oxygens (including phenoxy) is 1. The Labute approximate surface area is 236 Å². The minimum atomic E-state index is -0.691. The molecule has 0 amide bonds. The lowest BCUT2D eigenvalue weighted by molar-refractivity contribution is -0.137. The molecule has 2 rings (SSSR count). The SMILES string of the molecule is C.C.C.COC(CCSCc1ccc(C)cc1)CC(C)=O.Cc1ccc(CSCCCCC(=O)O)cc1. The zero-order chi connectivity index (χ0) is 25.2. The van der Waals surface area contributed by atoms with E-state index in [4.69, 9.17) is 9.84 Å². The van der Waals surface area contributed by atoms with Crippen molar-refractivity contribution < 1.29 is 19.4 Å². The van der Waals surface area contributed by atoms with Crippen LogP contribution < -0.4 is 0 Å². The average molecular weight is 553 g/mol. The minimum absolute atomic E-state index is 0. The second-order valence-electron chi connectivity index (χ2n) is 8.48. The van der Waals surface area contributed by atoms with Crippen LogP contribution in [0, 0.1) is 13.8 Å². The Morgan fingerprint density at radius 3 is 1.68 bits per heavy atom. The van der Waals surface area contributed by atoms with E-state index in [0.29, 0.717) is 12.8 Å². The molecule has 0 spiro atoms. The van der Waals surface area contributed by atoms with Crippen LogP contribution in [0.2, 0.25) is 0 Å². The maximum absolute atomic E-state index is 11.0. The van der Waals surface area contributed by atoms with Gasteiger partial charge in [0.2, 0.25) is 0 Å². The highest BCUT2D eigenvalue weighted by Gasteiger charge is 2.09. The fourth-order valence-electron chi connectivity index (χ4n) is 3.07. The molecule has 6 heteroatoms. The molecular formula is C31H52O4S2. The van der Waals surface area contributed by atoms with Crippen molar-refractivity contribution in [3.8, 4) is 0 Å². The number of Topliss-reactive ketones (excluding diaryl/α,β-unsaturated/α-hetero) is 1. The zero-order valence-corrected chi connectivity index (χ0v) is 22.7. The number of methoxy groups -OCH3 is 1. The van der Waals surface area contributed by atoms with E-state index < -0.39 is 5.97 Å². The topological polar surface area (TPSA) is 63.6 Å². The van der Waals surface area contributed by atoms with E-state index in [0.717, 1.165) is 42.3 Å². The maximum atomic E-state index is 11.0. The summed E-state index contributed by atoms with van der Waals surface area (Å²) in [6.07, 6.45) is 3.62. The van der Waals surface area contributed by atoms with E-state index >= 15 is 0 Å². The van der Waals surface area contributed by atoms with E-state index in [1.165, 1.54) is 22.3 Å². The first-order valence-electron chi connectivity index (χ1n) is 11.8. The highest BCUT2D eigenvalue weighted by Crippen LogP contribution is 2.17. The largest absolute Gasteiger partial charge is 0.481 e. The van der Waals surface area contributed by atoms with Crippen LogP contribution >= 0.6 is 23.5 Å². The molecule has 2 aromatic carbocycles. The van der Waals surface area contributed by atoms with Crippen molar-refractivity contribution in [2.24, 2.45) is 0 Å². The van der Waals surface area contributed by atoms with Gasteiger partial charge in [0.15, 0.2) is 0 Å². The Hall–Kier alpha value is -1.76. The van der Waals surface area contributed by atoms with Crippen LogP contribution in [0.25, 0.3) is 0 Å². The third-order valence-corrected chi connectivity index (χ3v) is 7.32. The number of rotatable bonds is 15. The predicted octanol–water partition coefficient (Wildman–Crippen LogP) is 9.00. The summed E-state index contributed by atoms with van der Waals surface area (Å²) in [5.41, 5.74) is 5.28. The number of carboxylic acids is 1.